The van der Waals surface area contributed by atoms with Gasteiger partial charge in [0.15, 0.2) is 0 Å². The lowest BCUT2D eigenvalue weighted by atomic mass is 9.88. The molecule has 0 bridgehead atoms. The highest BCUT2D eigenvalue weighted by molar-refractivity contribution is 7.88. The second-order valence-corrected chi connectivity index (χ2v) is 10.3. The van der Waals surface area contributed by atoms with E-state index in [1.165, 1.54) is 0 Å². The summed E-state index contributed by atoms with van der Waals surface area (Å²) in [5.41, 5.74) is 1.88. The average Bonchev–Trinajstić information content (AvgIpc) is 3.12. The highest BCUT2D eigenvalue weighted by Crippen LogP contribution is 2.38. The lowest BCUT2D eigenvalue weighted by molar-refractivity contribution is -0.192. The van der Waals surface area contributed by atoms with Gasteiger partial charge in [-0.1, -0.05) is 36.8 Å². The van der Waals surface area contributed by atoms with Crippen LogP contribution in [0.25, 0.3) is 0 Å². The lowest BCUT2D eigenvalue weighted by Gasteiger charge is -2.38. The van der Waals surface area contributed by atoms with Crippen molar-refractivity contribution >= 4 is 16.0 Å². The van der Waals surface area contributed by atoms with Gasteiger partial charge < -0.3 is 14.7 Å². The molecular formula is C21H31F3N2O5S. The molecule has 0 saturated carbocycles. The molecule has 1 aromatic rings. The quantitative estimate of drug-likeness (QED) is 0.697. The first-order chi connectivity index (χ1) is 14.8. The molecule has 2 fully saturated rings. The third kappa shape index (κ3) is 7.16. The number of halogens is 3. The molecule has 2 saturated heterocycles. The van der Waals surface area contributed by atoms with Crippen LogP contribution in [0.4, 0.5) is 13.2 Å². The van der Waals surface area contributed by atoms with Crippen LogP contribution in [-0.2, 0) is 25.3 Å². The Kier molecular flexibility index (Phi) is 8.71. The molecule has 2 heterocycles. The van der Waals surface area contributed by atoms with Crippen LogP contribution in [0.3, 0.4) is 0 Å². The molecule has 0 radical (unpaired) electrons. The number of alkyl halides is 3. The molecule has 3 rings (SSSR count). The van der Waals surface area contributed by atoms with Crippen LogP contribution in [0.2, 0.25) is 0 Å². The Morgan fingerprint density at radius 2 is 1.78 bits per heavy atom. The fourth-order valence-electron chi connectivity index (χ4n) is 3.87. The third-order valence-electron chi connectivity index (χ3n) is 6.05. The molecule has 0 amide bonds. The molecule has 1 N–H and O–H groups in total. The number of piperidine rings is 1. The number of carboxylic acids is 1. The van der Waals surface area contributed by atoms with Crippen molar-refractivity contribution in [3.05, 3.63) is 35.4 Å². The molecule has 1 atom stereocenters. The fourth-order valence-corrected chi connectivity index (χ4v) is 5.40. The Balaban J connectivity index is 0.000000451. The van der Waals surface area contributed by atoms with Gasteiger partial charge in [-0.15, -0.1) is 0 Å². The van der Waals surface area contributed by atoms with Gasteiger partial charge in [0.25, 0.3) is 0 Å². The van der Waals surface area contributed by atoms with Crippen molar-refractivity contribution in [3.63, 3.8) is 0 Å². The van der Waals surface area contributed by atoms with Crippen LogP contribution in [0.1, 0.15) is 37.3 Å². The largest absolute Gasteiger partial charge is 0.490 e. The van der Waals surface area contributed by atoms with E-state index >= 15 is 0 Å². The summed E-state index contributed by atoms with van der Waals surface area (Å²) in [6.45, 7) is 7.08. The van der Waals surface area contributed by atoms with E-state index in [9.17, 15) is 21.6 Å². The van der Waals surface area contributed by atoms with Gasteiger partial charge in [-0.3, -0.25) is 0 Å². The van der Waals surface area contributed by atoms with E-state index in [2.05, 4.69) is 18.9 Å². The Bertz CT molecular complexity index is 866. The summed E-state index contributed by atoms with van der Waals surface area (Å²) in [6, 6.07) is 8.20. The summed E-state index contributed by atoms with van der Waals surface area (Å²) in [6.07, 6.45) is -2.47. The maximum atomic E-state index is 12.7. The number of carbonyl (C=O) groups is 1. The first kappa shape index (κ1) is 26.6. The van der Waals surface area contributed by atoms with Crippen molar-refractivity contribution in [1.29, 1.82) is 0 Å². The zero-order valence-electron chi connectivity index (χ0n) is 18.6. The maximum absolute atomic E-state index is 12.7. The minimum atomic E-state index is -5.08. The standard InChI is InChI=1S/C19H30N2O3S.C2HF3O2/c1-4-20(3)18-13-19(24-14-18)9-11-21(12-10-19)25(22,23)15-17-7-5-16(2)6-8-17;3-2(4,5)1(6)7/h5-8,18H,4,9-15H2,1-3H3;(H,6,7). The minimum Gasteiger partial charge on any atom is -0.475 e. The topological polar surface area (TPSA) is 87.2 Å². The Morgan fingerprint density at radius 1 is 1.25 bits per heavy atom. The number of sulfonamides is 1. The highest BCUT2D eigenvalue weighted by Gasteiger charge is 2.45. The predicted octanol–water partition coefficient (Wildman–Crippen LogP) is 3.03. The molecule has 2 aliphatic heterocycles. The van der Waals surface area contributed by atoms with E-state index in [-0.39, 0.29) is 11.4 Å². The van der Waals surface area contributed by atoms with Gasteiger partial charge in [0.2, 0.25) is 10.0 Å². The Morgan fingerprint density at radius 3 is 2.25 bits per heavy atom. The number of rotatable bonds is 5. The van der Waals surface area contributed by atoms with Crippen LogP contribution in [-0.4, -0.2) is 79.8 Å². The van der Waals surface area contributed by atoms with Crippen LogP contribution in [0.5, 0.6) is 0 Å². The monoisotopic (exact) mass is 480 g/mol. The first-order valence-electron chi connectivity index (χ1n) is 10.5. The van der Waals surface area contributed by atoms with E-state index in [4.69, 9.17) is 14.6 Å². The number of hydrogen-bond donors (Lipinski definition) is 1. The molecule has 1 unspecified atom stereocenters. The zero-order valence-corrected chi connectivity index (χ0v) is 19.4. The first-order valence-corrected chi connectivity index (χ1v) is 12.1. The van der Waals surface area contributed by atoms with Crippen molar-refractivity contribution in [2.45, 2.75) is 56.7 Å². The number of ether oxygens (including phenoxy) is 1. The van der Waals surface area contributed by atoms with Gasteiger partial charge in [-0.25, -0.2) is 17.5 Å². The number of nitrogens with zero attached hydrogens (tertiary/aromatic N) is 2. The van der Waals surface area contributed by atoms with E-state index < -0.39 is 22.2 Å². The number of benzene rings is 1. The number of aryl methyl sites for hydroxylation is 1. The number of carboxylic acid groups (broad SMARTS) is 1. The summed E-state index contributed by atoms with van der Waals surface area (Å²) >= 11 is 0. The van der Waals surface area contributed by atoms with Crippen molar-refractivity contribution in [1.82, 2.24) is 9.21 Å². The van der Waals surface area contributed by atoms with Crippen molar-refractivity contribution in [2.24, 2.45) is 0 Å². The maximum Gasteiger partial charge on any atom is 0.490 e. The molecule has 7 nitrogen and oxygen atoms in total. The third-order valence-corrected chi connectivity index (χ3v) is 7.90. The fraction of sp³-hybridized carbons (Fsp3) is 0.667. The SMILES string of the molecule is CCN(C)C1COC2(CCN(S(=O)(=O)Cc3ccc(C)cc3)CC2)C1.O=C(O)C(F)(F)F. The summed E-state index contributed by atoms with van der Waals surface area (Å²) in [5, 5.41) is 7.12. The van der Waals surface area contributed by atoms with Crippen molar-refractivity contribution < 1.29 is 36.2 Å². The lowest BCUT2D eigenvalue weighted by Crippen LogP contribution is -2.47. The number of aliphatic carboxylic acids is 1. The molecule has 182 valence electrons. The van der Waals surface area contributed by atoms with Crippen LogP contribution < -0.4 is 0 Å². The van der Waals surface area contributed by atoms with Gasteiger partial charge in [0, 0.05) is 19.1 Å². The van der Waals surface area contributed by atoms with Crippen LogP contribution in [0.15, 0.2) is 24.3 Å². The molecule has 1 aromatic carbocycles. The van der Waals surface area contributed by atoms with E-state index in [1.54, 1.807) is 4.31 Å². The normalized spacial score (nSPS) is 21.4. The molecule has 1 spiro atoms. The molecular weight excluding hydrogens is 449 g/mol. The van der Waals surface area contributed by atoms with Crippen molar-refractivity contribution in [2.75, 3.05) is 33.3 Å². The minimum absolute atomic E-state index is 0.0856. The average molecular weight is 481 g/mol. The molecule has 32 heavy (non-hydrogen) atoms. The molecule has 0 aromatic heterocycles. The molecule has 0 aliphatic carbocycles. The predicted molar refractivity (Wildman–Crippen MR) is 114 cm³/mol. The van der Waals surface area contributed by atoms with E-state index in [0.717, 1.165) is 43.5 Å². The van der Waals surface area contributed by atoms with Gasteiger partial charge in [-0.2, -0.15) is 13.2 Å². The summed E-state index contributed by atoms with van der Waals surface area (Å²) in [7, 11) is -1.13. The van der Waals surface area contributed by atoms with E-state index in [0.29, 0.717) is 19.1 Å². The second-order valence-electron chi connectivity index (χ2n) is 8.37. The zero-order chi connectivity index (χ0) is 24.2. The second kappa shape index (κ2) is 10.5. The smallest absolute Gasteiger partial charge is 0.475 e. The Labute approximate surface area is 187 Å². The number of likely N-dealkylation sites (N-methyl/N-ethyl adjacent to an activating group) is 1. The van der Waals surface area contributed by atoms with Gasteiger partial charge in [-0.05, 0) is 45.3 Å². The van der Waals surface area contributed by atoms with Gasteiger partial charge in [0.05, 0.1) is 18.0 Å². The number of hydrogen-bond acceptors (Lipinski definition) is 5. The van der Waals surface area contributed by atoms with Crippen LogP contribution >= 0.6 is 0 Å². The Hall–Kier alpha value is -1.69. The van der Waals surface area contributed by atoms with Gasteiger partial charge >= 0.3 is 12.1 Å². The van der Waals surface area contributed by atoms with E-state index in [1.807, 2.05) is 31.2 Å². The molecule has 2 aliphatic rings. The summed E-state index contributed by atoms with van der Waals surface area (Å²) in [5.74, 6) is -2.67. The highest BCUT2D eigenvalue weighted by atomic mass is 32.2. The molecule has 11 heteroatoms. The summed E-state index contributed by atoms with van der Waals surface area (Å²) in [4.78, 5) is 11.2. The van der Waals surface area contributed by atoms with Crippen LogP contribution in [0, 0.1) is 6.92 Å². The van der Waals surface area contributed by atoms with Crippen molar-refractivity contribution in [3.8, 4) is 0 Å². The van der Waals surface area contributed by atoms with Gasteiger partial charge in [0.1, 0.15) is 0 Å². The summed E-state index contributed by atoms with van der Waals surface area (Å²) < 4.78 is 65.0.